The van der Waals surface area contributed by atoms with Crippen LogP contribution in [-0.2, 0) is 4.74 Å². The Hall–Kier alpha value is -1.57. The van der Waals surface area contributed by atoms with Gasteiger partial charge in [-0.2, -0.15) is 5.26 Å². The quantitative estimate of drug-likeness (QED) is 0.819. The molecule has 102 valence electrons. The van der Waals surface area contributed by atoms with Crippen LogP contribution in [0, 0.1) is 11.3 Å². The van der Waals surface area contributed by atoms with Crippen molar-refractivity contribution in [2.24, 2.45) is 0 Å². The standard InChI is InChI=1S/C15H21N3O/c1-19-12-9-17-15(13-16)7-10-18(11-8-15)14-5-3-2-4-6-14/h2-6,17H,7-12H2,1H3. The van der Waals surface area contributed by atoms with Crippen molar-refractivity contribution in [1.82, 2.24) is 5.32 Å². The van der Waals surface area contributed by atoms with Gasteiger partial charge in [-0.3, -0.25) is 5.32 Å². The number of benzene rings is 1. The number of nitriles is 1. The highest BCUT2D eigenvalue weighted by Crippen LogP contribution is 2.25. The molecule has 1 aromatic rings. The van der Waals surface area contributed by atoms with Crippen molar-refractivity contribution < 1.29 is 4.74 Å². The van der Waals surface area contributed by atoms with Gasteiger partial charge in [-0.15, -0.1) is 0 Å². The van der Waals surface area contributed by atoms with Crippen LogP contribution in [0.15, 0.2) is 30.3 Å². The van der Waals surface area contributed by atoms with Gasteiger partial charge >= 0.3 is 0 Å². The molecular formula is C15H21N3O. The van der Waals surface area contributed by atoms with Crippen LogP contribution in [0.5, 0.6) is 0 Å². The van der Waals surface area contributed by atoms with Gasteiger partial charge in [0.05, 0.1) is 12.7 Å². The second kappa shape index (κ2) is 6.55. The van der Waals surface area contributed by atoms with Crippen LogP contribution in [0.2, 0.25) is 0 Å². The molecule has 0 bridgehead atoms. The summed E-state index contributed by atoms with van der Waals surface area (Å²) in [5.74, 6) is 0. The molecule has 2 rings (SSSR count). The van der Waals surface area contributed by atoms with Crippen LogP contribution in [0.25, 0.3) is 0 Å². The molecule has 0 spiro atoms. The number of hydrogen-bond acceptors (Lipinski definition) is 4. The zero-order valence-corrected chi connectivity index (χ0v) is 11.4. The van der Waals surface area contributed by atoms with Crippen LogP contribution in [-0.4, -0.2) is 38.9 Å². The Morgan fingerprint density at radius 1 is 1.32 bits per heavy atom. The molecule has 1 aliphatic rings. The van der Waals surface area contributed by atoms with E-state index in [4.69, 9.17) is 4.74 Å². The lowest BCUT2D eigenvalue weighted by Crippen LogP contribution is -2.53. The van der Waals surface area contributed by atoms with Crippen molar-refractivity contribution in [2.75, 3.05) is 38.3 Å². The van der Waals surface area contributed by atoms with Crippen molar-refractivity contribution in [3.63, 3.8) is 0 Å². The van der Waals surface area contributed by atoms with E-state index in [1.807, 2.05) is 6.07 Å². The SMILES string of the molecule is COCCNC1(C#N)CCN(c2ccccc2)CC1. The molecule has 1 fully saturated rings. The first-order valence-corrected chi connectivity index (χ1v) is 6.75. The lowest BCUT2D eigenvalue weighted by atomic mass is 9.88. The number of methoxy groups -OCH3 is 1. The molecule has 4 nitrogen and oxygen atoms in total. The van der Waals surface area contributed by atoms with Crippen LogP contribution >= 0.6 is 0 Å². The second-order valence-corrected chi connectivity index (χ2v) is 4.94. The molecule has 1 saturated heterocycles. The van der Waals surface area contributed by atoms with Gasteiger partial charge < -0.3 is 9.64 Å². The van der Waals surface area contributed by atoms with Crippen LogP contribution in [0.4, 0.5) is 5.69 Å². The minimum atomic E-state index is -0.385. The first-order chi connectivity index (χ1) is 9.29. The number of para-hydroxylation sites is 1. The number of ether oxygens (including phenoxy) is 1. The van der Waals surface area contributed by atoms with Gasteiger partial charge in [-0.05, 0) is 25.0 Å². The average Bonchev–Trinajstić information content (AvgIpc) is 2.49. The Bertz CT molecular complexity index is 419. The molecule has 0 aromatic heterocycles. The molecule has 4 heteroatoms. The maximum atomic E-state index is 9.43. The lowest BCUT2D eigenvalue weighted by molar-refractivity contribution is 0.186. The molecule has 0 aliphatic carbocycles. The number of nitrogens with zero attached hydrogens (tertiary/aromatic N) is 2. The third kappa shape index (κ3) is 3.46. The Morgan fingerprint density at radius 3 is 2.58 bits per heavy atom. The van der Waals surface area contributed by atoms with E-state index in [1.165, 1.54) is 5.69 Å². The molecular weight excluding hydrogens is 238 g/mol. The van der Waals surface area contributed by atoms with E-state index >= 15 is 0 Å². The highest BCUT2D eigenvalue weighted by Gasteiger charge is 2.34. The van der Waals surface area contributed by atoms with Crippen molar-refractivity contribution in [3.8, 4) is 6.07 Å². The minimum absolute atomic E-state index is 0.385. The zero-order valence-electron chi connectivity index (χ0n) is 11.4. The fraction of sp³-hybridized carbons (Fsp3) is 0.533. The third-order valence-electron chi connectivity index (χ3n) is 3.72. The predicted octanol–water partition coefficient (Wildman–Crippen LogP) is 1.79. The number of rotatable bonds is 5. The highest BCUT2D eigenvalue weighted by molar-refractivity contribution is 5.46. The predicted molar refractivity (Wildman–Crippen MR) is 76.1 cm³/mol. The van der Waals surface area contributed by atoms with Crippen LogP contribution in [0.1, 0.15) is 12.8 Å². The summed E-state index contributed by atoms with van der Waals surface area (Å²) < 4.78 is 5.03. The van der Waals surface area contributed by atoms with Crippen molar-refractivity contribution >= 4 is 5.69 Å². The van der Waals surface area contributed by atoms with Crippen LogP contribution in [0.3, 0.4) is 0 Å². The van der Waals surface area contributed by atoms with Gasteiger partial charge in [0.1, 0.15) is 5.54 Å². The highest BCUT2D eigenvalue weighted by atomic mass is 16.5. The van der Waals surface area contributed by atoms with E-state index in [1.54, 1.807) is 7.11 Å². The Kier molecular flexibility index (Phi) is 4.78. The topological polar surface area (TPSA) is 48.3 Å². The van der Waals surface area contributed by atoms with Gasteiger partial charge in [-0.1, -0.05) is 18.2 Å². The van der Waals surface area contributed by atoms with E-state index in [0.717, 1.165) is 32.5 Å². The van der Waals surface area contributed by atoms with E-state index in [2.05, 4.69) is 40.6 Å². The van der Waals surface area contributed by atoms with Gasteiger partial charge in [0.15, 0.2) is 0 Å². The lowest BCUT2D eigenvalue weighted by Gasteiger charge is -2.39. The number of hydrogen-bond donors (Lipinski definition) is 1. The molecule has 0 saturated carbocycles. The van der Waals surface area contributed by atoms with Gasteiger partial charge in [-0.25, -0.2) is 0 Å². The maximum Gasteiger partial charge on any atom is 0.110 e. The molecule has 0 atom stereocenters. The normalized spacial score (nSPS) is 18.0. The summed E-state index contributed by atoms with van der Waals surface area (Å²) >= 11 is 0. The Balaban J connectivity index is 1.92. The largest absolute Gasteiger partial charge is 0.383 e. The smallest absolute Gasteiger partial charge is 0.110 e. The summed E-state index contributed by atoms with van der Waals surface area (Å²) in [6, 6.07) is 12.8. The van der Waals surface area contributed by atoms with E-state index < -0.39 is 0 Å². The second-order valence-electron chi connectivity index (χ2n) is 4.94. The Labute approximate surface area is 115 Å². The summed E-state index contributed by atoms with van der Waals surface area (Å²) in [4.78, 5) is 2.34. The fourth-order valence-corrected chi connectivity index (χ4v) is 2.51. The molecule has 0 radical (unpaired) electrons. The zero-order chi connectivity index (χ0) is 13.6. The molecule has 1 aliphatic heterocycles. The molecule has 1 aromatic carbocycles. The molecule has 0 amide bonds. The molecule has 1 N–H and O–H groups in total. The summed E-state index contributed by atoms with van der Waals surface area (Å²) in [5, 5.41) is 12.8. The monoisotopic (exact) mass is 259 g/mol. The van der Waals surface area contributed by atoms with Crippen molar-refractivity contribution in [3.05, 3.63) is 30.3 Å². The molecule has 19 heavy (non-hydrogen) atoms. The molecule has 1 heterocycles. The third-order valence-corrected chi connectivity index (χ3v) is 3.72. The van der Waals surface area contributed by atoms with E-state index in [9.17, 15) is 5.26 Å². The van der Waals surface area contributed by atoms with Gasteiger partial charge in [0, 0.05) is 32.4 Å². The van der Waals surface area contributed by atoms with Crippen molar-refractivity contribution in [2.45, 2.75) is 18.4 Å². The molecule has 0 unspecified atom stereocenters. The minimum Gasteiger partial charge on any atom is -0.383 e. The summed E-state index contributed by atoms with van der Waals surface area (Å²) in [6.07, 6.45) is 1.70. The maximum absolute atomic E-state index is 9.43. The summed E-state index contributed by atoms with van der Waals surface area (Å²) in [6.45, 7) is 3.20. The van der Waals surface area contributed by atoms with Gasteiger partial charge in [0.25, 0.3) is 0 Å². The fourth-order valence-electron chi connectivity index (χ4n) is 2.51. The van der Waals surface area contributed by atoms with Crippen LogP contribution < -0.4 is 10.2 Å². The van der Waals surface area contributed by atoms with E-state index in [-0.39, 0.29) is 5.54 Å². The first kappa shape index (κ1) is 13.9. The summed E-state index contributed by atoms with van der Waals surface area (Å²) in [5.41, 5.74) is 0.856. The van der Waals surface area contributed by atoms with Crippen molar-refractivity contribution in [1.29, 1.82) is 5.26 Å². The van der Waals surface area contributed by atoms with Gasteiger partial charge in [0.2, 0.25) is 0 Å². The van der Waals surface area contributed by atoms with E-state index in [0.29, 0.717) is 6.61 Å². The Morgan fingerprint density at radius 2 is 2.00 bits per heavy atom. The average molecular weight is 259 g/mol. The number of nitrogens with one attached hydrogen (secondary N) is 1. The number of anilines is 1. The first-order valence-electron chi connectivity index (χ1n) is 6.75. The number of piperidine rings is 1. The summed E-state index contributed by atoms with van der Waals surface area (Å²) in [7, 11) is 1.68.